The van der Waals surface area contributed by atoms with Crippen LogP contribution in [0.1, 0.15) is 28.8 Å². The average molecular weight is 460 g/mol. The Morgan fingerprint density at radius 1 is 1.12 bits per heavy atom. The summed E-state index contributed by atoms with van der Waals surface area (Å²) >= 11 is 0. The van der Waals surface area contributed by atoms with Crippen molar-refractivity contribution in [2.24, 2.45) is 0 Å². The largest absolute Gasteiger partial charge is 0.417 e. The zero-order chi connectivity index (χ0) is 23.6. The molecular formula is C22H23F3N6O2. The predicted octanol–water partition coefficient (Wildman–Crippen LogP) is 3.74. The first kappa shape index (κ1) is 22.6. The second kappa shape index (κ2) is 9.10. The molecule has 0 bridgehead atoms. The van der Waals surface area contributed by atoms with Crippen molar-refractivity contribution in [1.82, 2.24) is 14.8 Å². The Balaban J connectivity index is 1.54. The number of carbonyl (C=O) groups is 1. The third kappa shape index (κ3) is 4.77. The molecule has 0 unspecified atom stereocenters. The molecule has 0 spiro atoms. The summed E-state index contributed by atoms with van der Waals surface area (Å²) in [6, 6.07) is 9.53. The third-order valence-corrected chi connectivity index (χ3v) is 5.61. The molecule has 1 amide bonds. The first-order valence-electron chi connectivity index (χ1n) is 10.3. The summed E-state index contributed by atoms with van der Waals surface area (Å²) in [6.07, 6.45) is -0.501. The molecule has 1 saturated heterocycles. The summed E-state index contributed by atoms with van der Waals surface area (Å²) in [5, 5.41) is 6.75. The predicted molar refractivity (Wildman–Crippen MR) is 117 cm³/mol. The Bertz CT molecular complexity index is 1120. The van der Waals surface area contributed by atoms with Gasteiger partial charge in [-0.05, 0) is 37.1 Å². The zero-order valence-corrected chi connectivity index (χ0v) is 17.8. The van der Waals surface area contributed by atoms with E-state index >= 15 is 0 Å². The highest BCUT2D eigenvalue weighted by atomic mass is 19.4. The summed E-state index contributed by atoms with van der Waals surface area (Å²) in [7, 11) is 1.71. The number of rotatable bonds is 5. The average Bonchev–Trinajstić information content (AvgIpc) is 3.20. The number of nitrogen functional groups attached to an aromatic ring is 1. The van der Waals surface area contributed by atoms with Crippen LogP contribution in [0.2, 0.25) is 0 Å². The lowest BCUT2D eigenvalue weighted by atomic mass is 10.1. The molecule has 2 aromatic heterocycles. The topological polar surface area (TPSA) is 98.3 Å². The van der Waals surface area contributed by atoms with Crippen LogP contribution in [-0.4, -0.2) is 47.0 Å². The molecule has 8 nitrogen and oxygen atoms in total. The van der Waals surface area contributed by atoms with Gasteiger partial charge in [-0.25, -0.2) is 9.67 Å². The number of hydrogen-bond acceptors (Lipinski definition) is 6. The smallest absolute Gasteiger partial charge is 0.383 e. The number of pyridine rings is 1. The Morgan fingerprint density at radius 2 is 1.82 bits per heavy atom. The monoisotopic (exact) mass is 460 g/mol. The van der Waals surface area contributed by atoms with E-state index in [0.29, 0.717) is 6.20 Å². The first-order chi connectivity index (χ1) is 15.8. The fraction of sp³-hybridized carbons (Fsp3) is 0.318. The summed E-state index contributed by atoms with van der Waals surface area (Å²) in [4.78, 5) is 18.6. The Hall–Kier alpha value is -3.60. The van der Waals surface area contributed by atoms with Gasteiger partial charge in [-0.3, -0.25) is 4.79 Å². The minimum absolute atomic E-state index is 0.0263. The van der Waals surface area contributed by atoms with E-state index in [2.05, 4.69) is 20.3 Å². The second-order valence-corrected chi connectivity index (χ2v) is 7.65. The molecule has 1 aromatic carbocycles. The van der Waals surface area contributed by atoms with E-state index in [0.717, 1.165) is 49.4 Å². The number of methoxy groups -OCH3 is 1. The van der Waals surface area contributed by atoms with Gasteiger partial charge in [0.25, 0.3) is 5.91 Å². The van der Waals surface area contributed by atoms with Crippen LogP contribution in [0.4, 0.5) is 30.5 Å². The highest BCUT2D eigenvalue weighted by Crippen LogP contribution is 2.31. The zero-order valence-electron chi connectivity index (χ0n) is 17.8. The van der Waals surface area contributed by atoms with Crippen molar-refractivity contribution >= 4 is 23.2 Å². The SMILES string of the molecule is COC1CCN(c2ccccc2-n2ncc(C(=O)Nc3ccc(C(F)(F)F)cn3)c2N)CC1. The van der Waals surface area contributed by atoms with Crippen molar-refractivity contribution in [2.45, 2.75) is 25.1 Å². The quantitative estimate of drug-likeness (QED) is 0.602. The molecule has 0 atom stereocenters. The molecule has 4 rings (SSSR count). The number of amides is 1. The van der Waals surface area contributed by atoms with Gasteiger partial charge >= 0.3 is 6.18 Å². The number of nitrogens with two attached hydrogens (primary N) is 1. The number of nitrogens with one attached hydrogen (secondary N) is 1. The third-order valence-electron chi connectivity index (χ3n) is 5.61. The molecule has 0 radical (unpaired) electrons. The number of nitrogens with zero attached hydrogens (tertiary/aromatic N) is 4. The number of hydrogen-bond donors (Lipinski definition) is 2. The van der Waals surface area contributed by atoms with Gasteiger partial charge in [0, 0.05) is 26.4 Å². The standard InChI is InChI=1S/C22H23F3N6O2/c1-33-15-8-10-30(11-9-15)17-4-2-3-5-18(17)31-20(26)16(13-28-31)21(32)29-19-7-6-14(12-27-19)22(23,24)25/h2-7,12-13,15H,8-11,26H2,1H3,(H,27,29,32). The lowest BCUT2D eigenvalue weighted by Crippen LogP contribution is -2.37. The maximum absolute atomic E-state index is 12.7. The molecule has 1 aliphatic heterocycles. The number of piperidine rings is 1. The lowest BCUT2D eigenvalue weighted by Gasteiger charge is -2.34. The van der Waals surface area contributed by atoms with E-state index < -0.39 is 17.6 Å². The molecule has 3 heterocycles. The fourth-order valence-electron chi connectivity index (χ4n) is 3.79. The molecule has 3 aromatic rings. The van der Waals surface area contributed by atoms with Crippen LogP contribution in [0.5, 0.6) is 0 Å². The van der Waals surface area contributed by atoms with Gasteiger partial charge in [0.2, 0.25) is 0 Å². The Labute approximate surface area is 188 Å². The number of halogens is 3. The van der Waals surface area contributed by atoms with Crippen LogP contribution >= 0.6 is 0 Å². The first-order valence-corrected chi connectivity index (χ1v) is 10.3. The van der Waals surface area contributed by atoms with Crippen LogP contribution in [0, 0.1) is 0 Å². The minimum atomic E-state index is -4.51. The van der Waals surface area contributed by atoms with Crippen molar-refractivity contribution < 1.29 is 22.7 Å². The molecule has 3 N–H and O–H groups in total. The van der Waals surface area contributed by atoms with E-state index in [1.54, 1.807) is 7.11 Å². The van der Waals surface area contributed by atoms with Crippen molar-refractivity contribution in [1.29, 1.82) is 0 Å². The van der Waals surface area contributed by atoms with E-state index in [1.807, 2.05) is 24.3 Å². The summed E-state index contributed by atoms with van der Waals surface area (Å²) in [6.45, 7) is 1.62. The highest BCUT2D eigenvalue weighted by Gasteiger charge is 2.31. The van der Waals surface area contributed by atoms with Gasteiger partial charge in [-0.1, -0.05) is 12.1 Å². The summed E-state index contributed by atoms with van der Waals surface area (Å²) in [5.74, 6) is -0.537. The van der Waals surface area contributed by atoms with E-state index in [1.165, 1.54) is 10.9 Å². The fourth-order valence-corrected chi connectivity index (χ4v) is 3.79. The number of para-hydroxylation sites is 2. The van der Waals surface area contributed by atoms with Crippen molar-refractivity contribution in [3.05, 3.63) is 59.9 Å². The number of anilines is 3. The number of benzene rings is 1. The number of aromatic nitrogens is 3. The van der Waals surface area contributed by atoms with Crippen LogP contribution in [0.15, 0.2) is 48.8 Å². The van der Waals surface area contributed by atoms with E-state index in [9.17, 15) is 18.0 Å². The van der Waals surface area contributed by atoms with Crippen molar-refractivity contribution in [2.75, 3.05) is 36.1 Å². The van der Waals surface area contributed by atoms with E-state index in [4.69, 9.17) is 10.5 Å². The van der Waals surface area contributed by atoms with Gasteiger partial charge in [0.1, 0.15) is 17.2 Å². The minimum Gasteiger partial charge on any atom is -0.383 e. The Kier molecular flexibility index (Phi) is 6.23. The lowest BCUT2D eigenvalue weighted by molar-refractivity contribution is -0.137. The molecule has 0 saturated carbocycles. The van der Waals surface area contributed by atoms with Crippen LogP contribution in [0.3, 0.4) is 0 Å². The van der Waals surface area contributed by atoms with Gasteiger partial charge in [0.15, 0.2) is 0 Å². The van der Waals surface area contributed by atoms with Gasteiger partial charge in [0.05, 0.1) is 29.2 Å². The van der Waals surface area contributed by atoms with Gasteiger partial charge in [-0.2, -0.15) is 18.3 Å². The number of alkyl halides is 3. The van der Waals surface area contributed by atoms with E-state index in [-0.39, 0.29) is 23.3 Å². The molecule has 0 aliphatic carbocycles. The summed E-state index contributed by atoms with van der Waals surface area (Å²) < 4.78 is 45.0. The molecule has 33 heavy (non-hydrogen) atoms. The normalized spacial score (nSPS) is 15.0. The maximum atomic E-state index is 12.7. The molecule has 11 heteroatoms. The van der Waals surface area contributed by atoms with Crippen molar-refractivity contribution in [3.8, 4) is 5.69 Å². The molecule has 1 fully saturated rings. The Morgan fingerprint density at radius 3 is 2.42 bits per heavy atom. The maximum Gasteiger partial charge on any atom is 0.417 e. The van der Waals surface area contributed by atoms with Gasteiger partial charge in [-0.15, -0.1) is 0 Å². The van der Waals surface area contributed by atoms with Gasteiger partial charge < -0.3 is 20.7 Å². The molecular weight excluding hydrogens is 437 g/mol. The molecule has 1 aliphatic rings. The second-order valence-electron chi connectivity index (χ2n) is 7.65. The van der Waals surface area contributed by atoms with Crippen LogP contribution < -0.4 is 16.0 Å². The van der Waals surface area contributed by atoms with Crippen molar-refractivity contribution in [3.63, 3.8) is 0 Å². The van der Waals surface area contributed by atoms with Crippen LogP contribution in [-0.2, 0) is 10.9 Å². The van der Waals surface area contributed by atoms with Crippen LogP contribution in [0.25, 0.3) is 5.69 Å². The highest BCUT2D eigenvalue weighted by molar-refractivity contribution is 6.06. The summed E-state index contributed by atoms with van der Waals surface area (Å²) in [5.41, 5.74) is 7.08. The number of ether oxygens (including phenoxy) is 1. The number of carbonyl (C=O) groups excluding carboxylic acids is 1. The molecule has 174 valence electrons.